The van der Waals surface area contributed by atoms with Crippen LogP contribution in [0, 0.1) is 5.82 Å². The monoisotopic (exact) mass is 358 g/mol. The molecule has 27 heavy (non-hydrogen) atoms. The van der Waals surface area contributed by atoms with E-state index in [0.29, 0.717) is 12.1 Å². The number of aromatic amines is 1. The molecule has 1 atom stereocenters. The SMILES string of the molecule is CN1Cc2c(ccc(-c3ccnnc3)c2F)C(c2ccc3cc[nH]c3c2)C1. The van der Waals surface area contributed by atoms with Crippen molar-refractivity contribution in [1.29, 1.82) is 0 Å². The van der Waals surface area contributed by atoms with E-state index in [0.717, 1.165) is 28.8 Å². The van der Waals surface area contributed by atoms with Crippen LogP contribution in [0.4, 0.5) is 4.39 Å². The van der Waals surface area contributed by atoms with Gasteiger partial charge in [-0.15, -0.1) is 0 Å². The molecule has 1 aliphatic heterocycles. The molecule has 134 valence electrons. The average molecular weight is 358 g/mol. The van der Waals surface area contributed by atoms with Gasteiger partial charge in [0.2, 0.25) is 0 Å². The molecule has 3 heterocycles. The largest absolute Gasteiger partial charge is 0.361 e. The van der Waals surface area contributed by atoms with Crippen molar-refractivity contribution < 1.29 is 4.39 Å². The third-order valence-corrected chi connectivity index (χ3v) is 5.45. The summed E-state index contributed by atoms with van der Waals surface area (Å²) in [5, 5.41) is 8.86. The average Bonchev–Trinajstić information content (AvgIpc) is 3.17. The van der Waals surface area contributed by atoms with E-state index in [2.05, 4.69) is 50.4 Å². The number of fused-ring (bicyclic) bond motifs is 2. The predicted octanol–water partition coefficient (Wildman–Crippen LogP) is 4.34. The first-order chi connectivity index (χ1) is 13.2. The molecule has 2 aromatic heterocycles. The maximum atomic E-state index is 15.4. The first-order valence-electron chi connectivity index (χ1n) is 9.04. The molecule has 2 aromatic carbocycles. The number of hydrogen-bond acceptors (Lipinski definition) is 3. The Balaban J connectivity index is 1.64. The van der Waals surface area contributed by atoms with Gasteiger partial charge in [-0.1, -0.05) is 24.3 Å². The molecule has 1 aliphatic rings. The normalized spacial score (nSPS) is 17.2. The van der Waals surface area contributed by atoms with Crippen LogP contribution < -0.4 is 0 Å². The first kappa shape index (κ1) is 16.1. The van der Waals surface area contributed by atoms with Gasteiger partial charge < -0.3 is 9.88 Å². The van der Waals surface area contributed by atoms with Crippen LogP contribution in [-0.2, 0) is 6.54 Å². The molecule has 0 fully saturated rings. The fourth-order valence-corrected chi connectivity index (χ4v) is 4.11. The second kappa shape index (κ2) is 6.28. The first-order valence-corrected chi connectivity index (χ1v) is 9.04. The molecule has 0 radical (unpaired) electrons. The number of hydrogen-bond donors (Lipinski definition) is 1. The fourth-order valence-electron chi connectivity index (χ4n) is 4.11. The van der Waals surface area contributed by atoms with Crippen molar-refractivity contribution in [2.24, 2.45) is 0 Å². The Morgan fingerprint density at radius 1 is 1.11 bits per heavy atom. The molecule has 5 heteroatoms. The number of halogens is 1. The van der Waals surface area contributed by atoms with E-state index in [1.807, 2.05) is 19.3 Å². The van der Waals surface area contributed by atoms with Crippen molar-refractivity contribution in [1.82, 2.24) is 20.1 Å². The van der Waals surface area contributed by atoms with Crippen LogP contribution in [0.25, 0.3) is 22.0 Å². The van der Waals surface area contributed by atoms with Gasteiger partial charge in [-0.2, -0.15) is 10.2 Å². The molecule has 0 aliphatic carbocycles. The quantitative estimate of drug-likeness (QED) is 0.580. The smallest absolute Gasteiger partial charge is 0.135 e. The number of likely N-dealkylation sites (N-methyl/N-ethyl adjacent to an activating group) is 1. The van der Waals surface area contributed by atoms with Crippen LogP contribution in [-0.4, -0.2) is 33.7 Å². The molecule has 4 aromatic rings. The fraction of sp³-hybridized carbons (Fsp3) is 0.182. The lowest BCUT2D eigenvalue weighted by molar-refractivity contribution is 0.289. The van der Waals surface area contributed by atoms with E-state index < -0.39 is 0 Å². The highest BCUT2D eigenvalue weighted by atomic mass is 19.1. The highest BCUT2D eigenvalue weighted by Gasteiger charge is 2.28. The molecular formula is C22H19FN4. The third-order valence-electron chi connectivity index (χ3n) is 5.45. The van der Waals surface area contributed by atoms with E-state index in [4.69, 9.17) is 0 Å². The second-order valence-corrected chi connectivity index (χ2v) is 7.20. The standard InChI is InChI=1S/C22H19FN4/c1-27-12-19(15-3-2-14-6-8-24-21(14)10-15)18-5-4-17(22(23)20(18)13-27)16-7-9-25-26-11-16/h2-11,19,24H,12-13H2,1H3. The highest BCUT2D eigenvalue weighted by Crippen LogP contribution is 2.38. The van der Waals surface area contributed by atoms with Crippen LogP contribution >= 0.6 is 0 Å². The third kappa shape index (κ3) is 2.71. The zero-order valence-electron chi connectivity index (χ0n) is 15.0. The lowest BCUT2D eigenvalue weighted by atomic mass is 9.83. The van der Waals surface area contributed by atoms with E-state index in [9.17, 15) is 0 Å². The summed E-state index contributed by atoms with van der Waals surface area (Å²) in [4.78, 5) is 5.46. The molecule has 1 unspecified atom stereocenters. The van der Waals surface area contributed by atoms with Gasteiger partial charge in [0.25, 0.3) is 0 Å². The van der Waals surface area contributed by atoms with Crippen LogP contribution in [0.5, 0.6) is 0 Å². The second-order valence-electron chi connectivity index (χ2n) is 7.20. The van der Waals surface area contributed by atoms with Crippen molar-refractivity contribution in [3.8, 4) is 11.1 Å². The van der Waals surface area contributed by atoms with Gasteiger partial charge in [0.1, 0.15) is 5.82 Å². The van der Waals surface area contributed by atoms with Crippen LogP contribution in [0.2, 0.25) is 0 Å². The van der Waals surface area contributed by atoms with Crippen LogP contribution in [0.3, 0.4) is 0 Å². The number of benzene rings is 2. The zero-order valence-corrected chi connectivity index (χ0v) is 15.0. The Kier molecular flexibility index (Phi) is 3.76. The van der Waals surface area contributed by atoms with E-state index in [1.54, 1.807) is 18.5 Å². The summed E-state index contributed by atoms with van der Waals surface area (Å²) in [7, 11) is 2.04. The lowest BCUT2D eigenvalue weighted by Crippen LogP contribution is -2.31. The number of H-pyrrole nitrogens is 1. The summed E-state index contributed by atoms with van der Waals surface area (Å²) in [6.45, 7) is 1.48. The summed E-state index contributed by atoms with van der Waals surface area (Å²) >= 11 is 0. The van der Waals surface area contributed by atoms with Crippen molar-refractivity contribution >= 4 is 10.9 Å². The van der Waals surface area contributed by atoms with Crippen molar-refractivity contribution in [3.05, 3.63) is 83.6 Å². The van der Waals surface area contributed by atoms with Gasteiger partial charge >= 0.3 is 0 Å². The molecule has 0 bridgehead atoms. The molecule has 0 saturated heterocycles. The zero-order chi connectivity index (χ0) is 18.4. The predicted molar refractivity (Wildman–Crippen MR) is 104 cm³/mol. The molecule has 4 nitrogen and oxygen atoms in total. The Morgan fingerprint density at radius 2 is 2.04 bits per heavy atom. The molecule has 0 saturated carbocycles. The van der Waals surface area contributed by atoms with Crippen LogP contribution in [0.15, 0.2) is 61.1 Å². The van der Waals surface area contributed by atoms with E-state index >= 15 is 4.39 Å². The van der Waals surface area contributed by atoms with Gasteiger partial charge in [-0.3, -0.25) is 0 Å². The summed E-state index contributed by atoms with van der Waals surface area (Å²) in [5.41, 5.74) is 5.50. The Labute approximate surface area is 156 Å². The summed E-state index contributed by atoms with van der Waals surface area (Å²) in [6.07, 6.45) is 5.15. The van der Waals surface area contributed by atoms with Gasteiger partial charge in [0, 0.05) is 47.4 Å². The van der Waals surface area contributed by atoms with Gasteiger partial charge in [-0.25, -0.2) is 4.39 Å². The van der Waals surface area contributed by atoms with E-state index in [-0.39, 0.29) is 11.7 Å². The van der Waals surface area contributed by atoms with Crippen molar-refractivity contribution in [2.75, 3.05) is 13.6 Å². The summed E-state index contributed by atoms with van der Waals surface area (Å²) < 4.78 is 15.4. The number of nitrogens with one attached hydrogen (secondary N) is 1. The number of rotatable bonds is 2. The van der Waals surface area contributed by atoms with Crippen molar-refractivity contribution in [2.45, 2.75) is 12.5 Å². The highest BCUT2D eigenvalue weighted by molar-refractivity contribution is 5.80. The lowest BCUT2D eigenvalue weighted by Gasteiger charge is -2.33. The topological polar surface area (TPSA) is 44.8 Å². The van der Waals surface area contributed by atoms with Crippen molar-refractivity contribution in [3.63, 3.8) is 0 Å². The minimum Gasteiger partial charge on any atom is -0.361 e. The van der Waals surface area contributed by atoms with Gasteiger partial charge in [0.05, 0.1) is 12.4 Å². The molecule has 1 N–H and O–H groups in total. The Bertz CT molecular complexity index is 1120. The number of nitrogens with zero attached hydrogens (tertiary/aromatic N) is 3. The van der Waals surface area contributed by atoms with Gasteiger partial charge in [-0.05, 0) is 41.8 Å². The molecular weight excluding hydrogens is 339 g/mol. The molecule has 0 spiro atoms. The summed E-state index contributed by atoms with van der Waals surface area (Å²) in [5.74, 6) is -0.0106. The number of aromatic nitrogens is 3. The molecule has 5 rings (SSSR count). The van der Waals surface area contributed by atoms with Gasteiger partial charge in [0.15, 0.2) is 0 Å². The van der Waals surface area contributed by atoms with Crippen LogP contribution in [0.1, 0.15) is 22.6 Å². The summed E-state index contributed by atoms with van der Waals surface area (Å²) in [6, 6.07) is 14.3. The minimum atomic E-state index is -0.155. The Hall–Kier alpha value is -3.05. The maximum Gasteiger partial charge on any atom is 0.135 e. The molecule has 0 amide bonds. The van der Waals surface area contributed by atoms with E-state index in [1.165, 1.54) is 10.9 Å². The minimum absolute atomic E-state index is 0.144. The Morgan fingerprint density at radius 3 is 2.89 bits per heavy atom. The maximum absolute atomic E-state index is 15.4.